The number of carbonyl (C=O) groups is 2. The first-order chi connectivity index (χ1) is 17.8. The highest BCUT2D eigenvalue weighted by Gasteiger charge is 2.41. The number of esters is 1. The summed E-state index contributed by atoms with van der Waals surface area (Å²) in [6.45, 7) is 10.4. The van der Waals surface area contributed by atoms with Crippen LogP contribution in [0, 0.1) is 0 Å². The van der Waals surface area contributed by atoms with E-state index in [9.17, 15) is 9.59 Å². The molecule has 1 amide bonds. The van der Waals surface area contributed by atoms with Crippen LogP contribution in [0.2, 0.25) is 0 Å². The Morgan fingerprint density at radius 1 is 1.16 bits per heavy atom. The number of amidine groups is 1. The van der Waals surface area contributed by atoms with E-state index in [1.165, 1.54) is 17.3 Å². The topological polar surface area (TPSA) is 62.2 Å². The molecule has 2 aromatic carbocycles. The number of thioether (sulfide) groups is 1. The SMILES string of the molecule is C=CCOC(=O)C1=C(C)N=C2SC=C(CC(=O)N(C)Cc3ccccc3)N2[C@@H]1c1ccc(C(C)C)cc1. The molecular weight excluding hydrogens is 482 g/mol. The molecule has 37 heavy (non-hydrogen) atoms. The van der Waals surface area contributed by atoms with Crippen LogP contribution in [0.15, 0.2) is 94.6 Å². The number of benzene rings is 2. The average Bonchev–Trinajstić information content (AvgIpc) is 3.28. The van der Waals surface area contributed by atoms with Crippen molar-refractivity contribution in [1.29, 1.82) is 0 Å². The smallest absolute Gasteiger partial charge is 0.338 e. The van der Waals surface area contributed by atoms with E-state index in [1.54, 1.807) is 11.0 Å². The van der Waals surface area contributed by atoms with E-state index < -0.39 is 12.0 Å². The molecule has 2 aliphatic rings. The Bertz CT molecular complexity index is 1260. The van der Waals surface area contributed by atoms with Gasteiger partial charge in [-0.1, -0.05) is 92.9 Å². The van der Waals surface area contributed by atoms with Gasteiger partial charge in [0, 0.05) is 19.3 Å². The van der Waals surface area contributed by atoms with Gasteiger partial charge in [0.05, 0.1) is 23.7 Å². The number of aliphatic imine (C=N–C) groups is 1. The molecule has 7 heteroatoms. The first-order valence-corrected chi connectivity index (χ1v) is 13.3. The fraction of sp³-hybridized carbons (Fsp3) is 0.300. The highest BCUT2D eigenvalue weighted by molar-refractivity contribution is 8.16. The van der Waals surface area contributed by atoms with E-state index in [0.717, 1.165) is 22.0 Å². The summed E-state index contributed by atoms with van der Waals surface area (Å²) < 4.78 is 5.47. The van der Waals surface area contributed by atoms with Crippen molar-refractivity contribution < 1.29 is 14.3 Å². The third-order valence-electron chi connectivity index (χ3n) is 6.49. The van der Waals surface area contributed by atoms with Gasteiger partial charge in [-0.05, 0) is 34.9 Å². The number of hydrogen-bond donors (Lipinski definition) is 0. The van der Waals surface area contributed by atoms with Crippen LogP contribution >= 0.6 is 11.8 Å². The van der Waals surface area contributed by atoms with Crippen molar-refractivity contribution in [1.82, 2.24) is 9.80 Å². The quantitative estimate of drug-likeness (QED) is 0.296. The van der Waals surface area contributed by atoms with Gasteiger partial charge in [0.15, 0.2) is 5.17 Å². The van der Waals surface area contributed by atoms with Gasteiger partial charge in [-0.2, -0.15) is 0 Å². The highest BCUT2D eigenvalue weighted by Crippen LogP contribution is 2.45. The molecule has 0 saturated carbocycles. The third kappa shape index (κ3) is 5.88. The molecule has 0 bridgehead atoms. The number of hydrogen-bond acceptors (Lipinski definition) is 6. The lowest BCUT2D eigenvalue weighted by molar-refractivity contribution is -0.138. The van der Waals surface area contributed by atoms with Crippen LogP contribution < -0.4 is 0 Å². The van der Waals surface area contributed by atoms with Gasteiger partial charge in [-0.3, -0.25) is 4.79 Å². The lowest BCUT2D eigenvalue weighted by Crippen LogP contribution is -2.38. The molecule has 0 radical (unpaired) electrons. The average molecular weight is 516 g/mol. The maximum Gasteiger partial charge on any atom is 0.338 e. The van der Waals surface area contributed by atoms with Gasteiger partial charge in [0.1, 0.15) is 6.61 Å². The zero-order chi connectivity index (χ0) is 26.5. The lowest BCUT2D eigenvalue weighted by Gasteiger charge is -2.36. The lowest BCUT2D eigenvalue weighted by atomic mass is 9.92. The Labute approximate surface area is 223 Å². The largest absolute Gasteiger partial charge is 0.458 e. The Hall–Kier alpha value is -3.58. The summed E-state index contributed by atoms with van der Waals surface area (Å²) in [6, 6.07) is 17.8. The van der Waals surface area contributed by atoms with Crippen LogP contribution in [0.5, 0.6) is 0 Å². The summed E-state index contributed by atoms with van der Waals surface area (Å²) in [5.74, 6) is -0.0442. The van der Waals surface area contributed by atoms with E-state index in [2.05, 4.69) is 44.7 Å². The molecule has 0 aromatic heterocycles. The minimum Gasteiger partial charge on any atom is -0.458 e. The molecule has 192 valence electrons. The Morgan fingerprint density at radius 2 is 1.86 bits per heavy atom. The molecule has 0 unspecified atom stereocenters. The zero-order valence-electron chi connectivity index (χ0n) is 21.8. The van der Waals surface area contributed by atoms with Crippen molar-refractivity contribution in [2.75, 3.05) is 13.7 Å². The molecular formula is C30H33N3O3S. The molecule has 0 N–H and O–H groups in total. The fourth-order valence-electron chi connectivity index (χ4n) is 4.46. The molecule has 0 aliphatic carbocycles. The summed E-state index contributed by atoms with van der Waals surface area (Å²) in [7, 11) is 1.81. The molecule has 0 fully saturated rings. The van der Waals surface area contributed by atoms with E-state index in [1.807, 2.05) is 54.6 Å². The fourth-order valence-corrected chi connectivity index (χ4v) is 5.42. The highest BCUT2D eigenvalue weighted by atomic mass is 32.2. The van der Waals surface area contributed by atoms with Crippen molar-refractivity contribution in [3.8, 4) is 0 Å². The molecule has 2 aliphatic heterocycles. The predicted molar refractivity (Wildman–Crippen MR) is 150 cm³/mol. The predicted octanol–water partition coefficient (Wildman–Crippen LogP) is 6.16. The van der Waals surface area contributed by atoms with Gasteiger partial charge in [-0.25, -0.2) is 9.79 Å². The van der Waals surface area contributed by atoms with E-state index in [-0.39, 0.29) is 18.9 Å². The van der Waals surface area contributed by atoms with Crippen molar-refractivity contribution in [3.05, 3.63) is 106 Å². The summed E-state index contributed by atoms with van der Waals surface area (Å²) in [5, 5.41) is 2.72. The Kier molecular flexibility index (Phi) is 8.34. The second-order valence-corrected chi connectivity index (χ2v) is 10.4. The normalized spacial score (nSPS) is 16.8. The minimum atomic E-state index is -0.445. The summed E-state index contributed by atoms with van der Waals surface area (Å²) in [4.78, 5) is 35.0. The van der Waals surface area contributed by atoms with Crippen molar-refractivity contribution in [3.63, 3.8) is 0 Å². The number of allylic oxidation sites excluding steroid dienone is 1. The summed E-state index contributed by atoms with van der Waals surface area (Å²) in [5.41, 5.74) is 5.14. The van der Waals surface area contributed by atoms with E-state index in [0.29, 0.717) is 23.7 Å². The second kappa shape index (κ2) is 11.6. The third-order valence-corrected chi connectivity index (χ3v) is 7.38. The van der Waals surface area contributed by atoms with Gasteiger partial charge in [0.2, 0.25) is 5.91 Å². The summed E-state index contributed by atoms with van der Waals surface area (Å²) >= 11 is 1.47. The van der Waals surface area contributed by atoms with Crippen LogP contribution in [0.3, 0.4) is 0 Å². The van der Waals surface area contributed by atoms with Gasteiger partial charge >= 0.3 is 5.97 Å². The van der Waals surface area contributed by atoms with E-state index >= 15 is 0 Å². The number of nitrogens with zero attached hydrogens (tertiary/aromatic N) is 3. The van der Waals surface area contributed by atoms with Crippen LogP contribution in [0.25, 0.3) is 0 Å². The molecule has 4 rings (SSSR count). The maximum atomic E-state index is 13.3. The molecule has 2 aromatic rings. The van der Waals surface area contributed by atoms with Gasteiger partial charge in [-0.15, -0.1) is 0 Å². The van der Waals surface area contributed by atoms with Gasteiger partial charge < -0.3 is 14.5 Å². The number of amides is 1. The molecule has 1 atom stereocenters. The van der Waals surface area contributed by atoms with Crippen LogP contribution in [-0.4, -0.2) is 40.5 Å². The molecule has 0 spiro atoms. The number of fused-ring (bicyclic) bond motifs is 1. The Morgan fingerprint density at radius 3 is 2.51 bits per heavy atom. The van der Waals surface area contributed by atoms with Crippen molar-refractivity contribution in [2.24, 2.45) is 4.99 Å². The molecule has 2 heterocycles. The van der Waals surface area contributed by atoms with Crippen LogP contribution in [0.4, 0.5) is 0 Å². The molecule has 0 saturated heterocycles. The van der Waals surface area contributed by atoms with Gasteiger partial charge in [0.25, 0.3) is 0 Å². The summed E-state index contributed by atoms with van der Waals surface area (Å²) in [6.07, 6.45) is 1.75. The van der Waals surface area contributed by atoms with Crippen molar-refractivity contribution in [2.45, 2.75) is 45.7 Å². The van der Waals surface area contributed by atoms with Crippen molar-refractivity contribution >= 4 is 28.8 Å². The Balaban J connectivity index is 1.65. The second-order valence-electron chi connectivity index (χ2n) is 9.51. The van der Waals surface area contributed by atoms with Crippen LogP contribution in [-0.2, 0) is 20.9 Å². The number of carbonyl (C=O) groups excluding carboxylic acids is 2. The van der Waals surface area contributed by atoms with E-state index in [4.69, 9.17) is 9.73 Å². The first-order valence-electron chi connectivity index (χ1n) is 12.4. The first kappa shape index (κ1) is 26.5. The maximum absolute atomic E-state index is 13.3. The molecule has 6 nitrogen and oxygen atoms in total. The monoisotopic (exact) mass is 515 g/mol. The minimum absolute atomic E-state index is 0.00656. The number of ether oxygens (including phenoxy) is 1. The van der Waals surface area contributed by atoms with Crippen LogP contribution in [0.1, 0.15) is 55.8 Å². The number of rotatable bonds is 9. The standard InChI is InChI=1S/C30H33N3O3S/c1-6-16-36-29(35)27-21(4)31-30-33(28(27)24-14-12-23(13-15-24)20(2)3)25(19-37-30)17-26(34)32(5)18-22-10-8-7-9-11-22/h6-15,19-20,28H,1,16-18H2,2-5H3/t28-/m1/s1. The zero-order valence-corrected chi connectivity index (χ0v) is 22.6.